The summed E-state index contributed by atoms with van der Waals surface area (Å²) in [5, 5.41) is 12.8. The number of aliphatic hydroxyl groups excluding tert-OH is 1. The third-order valence-corrected chi connectivity index (χ3v) is 11.5. The van der Waals surface area contributed by atoms with Gasteiger partial charge in [0.05, 0.1) is 12.9 Å². The van der Waals surface area contributed by atoms with Crippen molar-refractivity contribution in [2.75, 3.05) is 30.9 Å². The van der Waals surface area contributed by atoms with E-state index in [1.807, 2.05) is 13.1 Å². The number of hydrogen-bond donors (Lipinski definition) is 2. The van der Waals surface area contributed by atoms with E-state index in [0.29, 0.717) is 11.3 Å². The first-order chi connectivity index (χ1) is 16.6. The lowest BCUT2D eigenvalue weighted by molar-refractivity contribution is -0.118. The lowest BCUT2D eigenvalue weighted by Gasteiger charge is -2.41. The van der Waals surface area contributed by atoms with Gasteiger partial charge in [0, 0.05) is 20.0 Å². The largest absolute Gasteiger partial charge is 0.407 e. The molecule has 2 N–H and O–H groups in total. The Labute approximate surface area is 213 Å². The Morgan fingerprint density at radius 2 is 2.06 bits per heavy atom. The molecular weight excluding hydrogens is 483 g/mol. The van der Waals surface area contributed by atoms with Crippen LogP contribution in [0.5, 0.6) is 0 Å². The number of nitrogens with zero attached hydrogens (tertiary/aromatic N) is 5. The number of anilines is 2. The topological polar surface area (TPSA) is 115 Å². The summed E-state index contributed by atoms with van der Waals surface area (Å²) in [5.41, 5.74) is -0.757. The monoisotopic (exact) mass is 522 g/mol. The lowest BCUT2D eigenvalue weighted by Crippen LogP contribution is -2.53. The predicted molar refractivity (Wildman–Crippen MR) is 140 cm³/mol. The van der Waals surface area contributed by atoms with Crippen LogP contribution in [0.3, 0.4) is 0 Å². The fourth-order valence-electron chi connectivity index (χ4n) is 3.71. The Morgan fingerprint density at radius 3 is 2.56 bits per heavy atom. The molecule has 4 atom stereocenters. The standard InChI is InChI=1S/C24H39FN6O4Si/c1-11-24(12-32)17(35-36(9,10)23(4,5)6)15(25)21(34-24)31-13-26-16-18(30(7)8)27-22(28-19(16)31)29-20(33)14(2)3/h11,13-15,17,21,32H,1,12H2,2-10H3,(H,27,28,29,33)/t15-,17-,21+,24+/m0/s1. The Balaban J connectivity index is 2.11. The van der Waals surface area contributed by atoms with E-state index in [4.69, 9.17) is 9.16 Å². The van der Waals surface area contributed by atoms with Gasteiger partial charge in [-0.3, -0.25) is 14.7 Å². The number of fused-ring (bicyclic) bond motifs is 1. The van der Waals surface area contributed by atoms with E-state index in [-0.39, 0.29) is 28.5 Å². The number of carbonyl (C=O) groups excluding carboxylic acids is 1. The molecule has 3 heterocycles. The molecule has 0 aliphatic carbocycles. The van der Waals surface area contributed by atoms with Gasteiger partial charge in [-0.25, -0.2) is 9.37 Å². The highest BCUT2D eigenvalue weighted by atomic mass is 28.4. The van der Waals surface area contributed by atoms with Crippen LogP contribution < -0.4 is 10.2 Å². The average Bonchev–Trinajstić information content (AvgIpc) is 3.31. The summed E-state index contributed by atoms with van der Waals surface area (Å²) < 4.78 is 30.3. The van der Waals surface area contributed by atoms with Crippen LogP contribution in [0.4, 0.5) is 16.2 Å². The van der Waals surface area contributed by atoms with Crippen LogP contribution in [0.25, 0.3) is 11.2 Å². The van der Waals surface area contributed by atoms with E-state index in [2.05, 4.69) is 47.6 Å². The summed E-state index contributed by atoms with van der Waals surface area (Å²) in [6, 6.07) is 0. The molecule has 0 aromatic carbocycles. The van der Waals surface area contributed by atoms with Crippen LogP contribution in [0.15, 0.2) is 19.0 Å². The van der Waals surface area contributed by atoms with Crippen molar-refractivity contribution in [2.24, 2.45) is 5.92 Å². The second-order valence-corrected chi connectivity index (χ2v) is 16.1. The number of ether oxygens (including phenoxy) is 1. The molecule has 1 aliphatic rings. The number of carbonyl (C=O) groups is 1. The Hall–Kier alpha value is -2.41. The molecule has 12 heteroatoms. The van der Waals surface area contributed by atoms with E-state index in [9.17, 15) is 9.90 Å². The molecule has 0 radical (unpaired) electrons. The molecule has 1 saturated heterocycles. The number of aliphatic hydroxyl groups is 1. The fourth-order valence-corrected chi connectivity index (χ4v) is 5.03. The van der Waals surface area contributed by atoms with Crippen LogP contribution in [0, 0.1) is 5.92 Å². The second kappa shape index (κ2) is 9.80. The molecule has 10 nitrogen and oxygen atoms in total. The fraction of sp³-hybridized carbons (Fsp3) is 0.667. The molecule has 1 aliphatic heterocycles. The number of alkyl halides is 1. The average molecular weight is 523 g/mol. The molecule has 1 amide bonds. The summed E-state index contributed by atoms with van der Waals surface area (Å²) in [4.78, 5) is 27.4. The lowest BCUT2D eigenvalue weighted by atomic mass is 9.97. The first-order valence-electron chi connectivity index (χ1n) is 12.1. The van der Waals surface area contributed by atoms with Crippen LogP contribution in [-0.2, 0) is 14.0 Å². The molecule has 0 saturated carbocycles. The number of amides is 1. The minimum Gasteiger partial charge on any atom is -0.407 e. The van der Waals surface area contributed by atoms with Gasteiger partial charge in [0.2, 0.25) is 11.9 Å². The third-order valence-electron chi connectivity index (χ3n) is 7.06. The molecule has 3 rings (SSSR count). The first kappa shape index (κ1) is 28.2. The summed E-state index contributed by atoms with van der Waals surface area (Å²) in [6.45, 7) is 17.1. The van der Waals surface area contributed by atoms with Crippen molar-refractivity contribution >= 4 is 37.2 Å². The van der Waals surface area contributed by atoms with Crippen molar-refractivity contribution in [3.63, 3.8) is 0 Å². The maximum absolute atomic E-state index is 16.2. The van der Waals surface area contributed by atoms with Gasteiger partial charge in [0.15, 0.2) is 37.7 Å². The molecule has 0 bridgehead atoms. The van der Waals surface area contributed by atoms with Gasteiger partial charge >= 0.3 is 0 Å². The van der Waals surface area contributed by atoms with Crippen molar-refractivity contribution in [2.45, 2.75) is 76.9 Å². The van der Waals surface area contributed by atoms with E-state index in [1.165, 1.54) is 17.0 Å². The highest BCUT2D eigenvalue weighted by Gasteiger charge is 2.58. The zero-order chi connectivity index (χ0) is 27.2. The van der Waals surface area contributed by atoms with Gasteiger partial charge in [-0.1, -0.05) is 40.7 Å². The van der Waals surface area contributed by atoms with Gasteiger partial charge in [0.25, 0.3) is 0 Å². The smallest absolute Gasteiger partial charge is 0.233 e. The van der Waals surface area contributed by atoms with Crippen LogP contribution >= 0.6 is 0 Å². The summed E-state index contributed by atoms with van der Waals surface area (Å²) in [5.74, 6) is -0.000463. The minimum atomic E-state index is -2.45. The number of halogens is 1. The first-order valence-corrected chi connectivity index (χ1v) is 15.0. The number of imidazole rings is 1. The maximum Gasteiger partial charge on any atom is 0.233 e. The normalized spacial score (nSPS) is 24.9. The van der Waals surface area contributed by atoms with Crippen molar-refractivity contribution < 1.29 is 23.5 Å². The molecule has 1 fully saturated rings. The predicted octanol–water partition coefficient (Wildman–Crippen LogP) is 3.66. The van der Waals surface area contributed by atoms with Gasteiger partial charge in [0.1, 0.15) is 11.7 Å². The SMILES string of the molecule is C=C[C@]1(CO)O[C@@H](n2cnc3c(N(C)C)nc(NC(=O)C(C)C)nc32)[C@@H](F)[C@@H]1O[Si](C)(C)C(C)(C)C. The summed E-state index contributed by atoms with van der Waals surface area (Å²) >= 11 is 0. The van der Waals surface area contributed by atoms with Crippen molar-refractivity contribution in [3.05, 3.63) is 19.0 Å². The van der Waals surface area contributed by atoms with E-state index in [0.717, 1.165) is 0 Å². The molecule has 36 heavy (non-hydrogen) atoms. The number of aromatic nitrogens is 4. The number of nitrogens with one attached hydrogen (secondary N) is 1. The Morgan fingerprint density at radius 1 is 1.42 bits per heavy atom. The van der Waals surface area contributed by atoms with E-state index in [1.54, 1.807) is 32.8 Å². The van der Waals surface area contributed by atoms with Crippen LogP contribution in [-0.4, -0.2) is 77.4 Å². The quantitative estimate of drug-likeness (QED) is 0.399. The molecule has 2 aromatic heterocycles. The second-order valence-electron chi connectivity index (χ2n) is 11.3. The molecule has 2 aromatic rings. The molecule has 0 unspecified atom stereocenters. The van der Waals surface area contributed by atoms with Gasteiger partial charge in [-0.05, 0) is 18.1 Å². The Bertz CT molecular complexity index is 1130. The van der Waals surface area contributed by atoms with Crippen molar-refractivity contribution in [1.29, 1.82) is 0 Å². The third kappa shape index (κ3) is 4.91. The number of hydrogen-bond acceptors (Lipinski definition) is 8. The number of rotatable bonds is 8. The maximum atomic E-state index is 16.2. The highest BCUT2D eigenvalue weighted by molar-refractivity contribution is 6.74. The van der Waals surface area contributed by atoms with Crippen LogP contribution in [0.2, 0.25) is 18.1 Å². The van der Waals surface area contributed by atoms with E-state index >= 15 is 4.39 Å². The van der Waals surface area contributed by atoms with Crippen molar-refractivity contribution in [1.82, 2.24) is 19.5 Å². The van der Waals surface area contributed by atoms with Crippen molar-refractivity contribution in [3.8, 4) is 0 Å². The molecular formula is C24H39FN6O4Si. The van der Waals surface area contributed by atoms with E-state index < -0.39 is 39.0 Å². The summed E-state index contributed by atoms with van der Waals surface area (Å²) in [6.07, 6.45) is -1.11. The van der Waals surface area contributed by atoms with Gasteiger partial charge in [-0.2, -0.15) is 9.97 Å². The Kier molecular flexibility index (Phi) is 7.67. The zero-order valence-electron chi connectivity index (χ0n) is 22.7. The minimum absolute atomic E-state index is 0.0753. The molecule has 0 spiro atoms. The van der Waals surface area contributed by atoms with Gasteiger partial charge in [-0.15, -0.1) is 6.58 Å². The van der Waals surface area contributed by atoms with Crippen LogP contribution in [0.1, 0.15) is 40.8 Å². The zero-order valence-corrected chi connectivity index (χ0v) is 23.7. The molecule has 200 valence electrons. The van der Waals surface area contributed by atoms with Gasteiger partial charge < -0.3 is 19.2 Å². The summed E-state index contributed by atoms with van der Waals surface area (Å²) in [7, 11) is 1.13. The highest BCUT2D eigenvalue weighted by Crippen LogP contribution is 2.47.